The summed E-state index contributed by atoms with van der Waals surface area (Å²) in [6, 6.07) is 13.2. The fraction of sp³-hybridized carbons (Fsp3) is 0.238. The van der Waals surface area contributed by atoms with Crippen molar-refractivity contribution in [3.63, 3.8) is 0 Å². The van der Waals surface area contributed by atoms with Gasteiger partial charge in [-0.3, -0.25) is 4.79 Å². The molecule has 0 radical (unpaired) electrons. The SMILES string of the molecule is CC1=C(C(=O)Nc2ccccc2)C(c2c(F)cccc2Cl)N2CCCSC2=N1. The molecule has 4 rings (SSSR count). The van der Waals surface area contributed by atoms with Crippen LogP contribution in [0.15, 0.2) is 64.8 Å². The number of halogens is 2. The third-order valence-electron chi connectivity index (χ3n) is 4.81. The molecule has 1 N–H and O–H groups in total. The predicted molar refractivity (Wildman–Crippen MR) is 113 cm³/mol. The second-order valence-corrected chi connectivity index (χ2v) is 8.12. The van der Waals surface area contributed by atoms with E-state index in [9.17, 15) is 9.18 Å². The number of thioether (sulfide) groups is 1. The fourth-order valence-corrected chi connectivity index (χ4v) is 4.84. The van der Waals surface area contributed by atoms with Crippen molar-refractivity contribution in [3.8, 4) is 0 Å². The quantitative estimate of drug-likeness (QED) is 0.745. The summed E-state index contributed by atoms with van der Waals surface area (Å²) in [5.41, 5.74) is 1.99. The van der Waals surface area contributed by atoms with Crippen LogP contribution in [0.25, 0.3) is 0 Å². The highest BCUT2D eigenvalue weighted by Gasteiger charge is 2.39. The second-order valence-electron chi connectivity index (χ2n) is 6.65. The maximum Gasteiger partial charge on any atom is 0.255 e. The van der Waals surface area contributed by atoms with Crippen molar-refractivity contribution in [2.24, 2.45) is 4.99 Å². The van der Waals surface area contributed by atoms with E-state index < -0.39 is 11.9 Å². The Balaban J connectivity index is 1.82. The van der Waals surface area contributed by atoms with Crippen LogP contribution < -0.4 is 5.32 Å². The molecule has 1 amide bonds. The van der Waals surface area contributed by atoms with E-state index in [1.165, 1.54) is 6.07 Å². The van der Waals surface area contributed by atoms with E-state index in [0.29, 0.717) is 34.1 Å². The number of carbonyl (C=O) groups excluding carboxylic acids is 1. The first-order valence-corrected chi connectivity index (χ1v) is 10.4. The molecule has 1 fully saturated rings. The highest BCUT2D eigenvalue weighted by atomic mass is 35.5. The highest BCUT2D eigenvalue weighted by Crippen LogP contribution is 2.42. The summed E-state index contributed by atoms with van der Waals surface area (Å²) in [6.45, 7) is 2.48. The van der Waals surface area contributed by atoms with Gasteiger partial charge in [-0.1, -0.05) is 47.6 Å². The lowest BCUT2D eigenvalue weighted by Gasteiger charge is -2.41. The fourth-order valence-electron chi connectivity index (χ4n) is 3.55. The molecule has 7 heteroatoms. The Labute approximate surface area is 172 Å². The molecule has 4 nitrogen and oxygen atoms in total. The van der Waals surface area contributed by atoms with E-state index in [1.54, 1.807) is 30.8 Å². The van der Waals surface area contributed by atoms with E-state index in [1.807, 2.05) is 35.2 Å². The van der Waals surface area contributed by atoms with Gasteiger partial charge in [0.1, 0.15) is 5.82 Å². The van der Waals surface area contributed by atoms with E-state index in [0.717, 1.165) is 17.3 Å². The van der Waals surface area contributed by atoms with Crippen molar-refractivity contribution in [1.82, 2.24) is 4.90 Å². The monoisotopic (exact) mass is 415 g/mol. The summed E-state index contributed by atoms with van der Waals surface area (Å²) >= 11 is 8.03. The number of allylic oxidation sites excluding steroid dienone is 1. The summed E-state index contributed by atoms with van der Waals surface area (Å²) in [6.07, 6.45) is 0.929. The zero-order valence-electron chi connectivity index (χ0n) is 15.3. The lowest BCUT2D eigenvalue weighted by Crippen LogP contribution is -2.43. The number of carbonyl (C=O) groups is 1. The zero-order chi connectivity index (χ0) is 19.7. The minimum Gasteiger partial charge on any atom is -0.340 e. The summed E-state index contributed by atoms with van der Waals surface area (Å²) in [7, 11) is 0. The molecule has 1 atom stereocenters. The molecular formula is C21H19ClFN3OS. The number of hydrogen-bond donors (Lipinski definition) is 1. The molecule has 1 saturated heterocycles. The molecule has 1 unspecified atom stereocenters. The van der Waals surface area contributed by atoms with Gasteiger partial charge in [0.25, 0.3) is 5.91 Å². The molecule has 144 valence electrons. The first-order valence-electron chi connectivity index (χ1n) is 9.05. The lowest BCUT2D eigenvalue weighted by molar-refractivity contribution is -0.113. The third-order valence-corrected chi connectivity index (χ3v) is 6.21. The van der Waals surface area contributed by atoms with Crippen LogP contribution in [0.3, 0.4) is 0 Å². The molecule has 2 aromatic carbocycles. The summed E-state index contributed by atoms with van der Waals surface area (Å²) in [4.78, 5) is 19.9. The smallest absolute Gasteiger partial charge is 0.255 e. The minimum absolute atomic E-state index is 0.300. The van der Waals surface area contributed by atoms with Gasteiger partial charge in [-0.2, -0.15) is 0 Å². The lowest BCUT2D eigenvalue weighted by atomic mass is 9.93. The second kappa shape index (κ2) is 7.97. The molecule has 2 aliphatic rings. The average molecular weight is 416 g/mol. The van der Waals surface area contributed by atoms with Crippen LogP contribution in [-0.4, -0.2) is 28.3 Å². The van der Waals surface area contributed by atoms with Crippen LogP contribution in [0.1, 0.15) is 24.9 Å². The number of nitrogens with zero attached hydrogens (tertiary/aromatic N) is 2. The number of rotatable bonds is 3. The maximum absolute atomic E-state index is 14.9. The van der Waals surface area contributed by atoms with Crippen LogP contribution in [0.4, 0.5) is 10.1 Å². The summed E-state index contributed by atoms with van der Waals surface area (Å²) < 4.78 is 14.9. The van der Waals surface area contributed by atoms with Gasteiger partial charge in [-0.25, -0.2) is 9.38 Å². The van der Waals surface area contributed by atoms with Crippen molar-refractivity contribution < 1.29 is 9.18 Å². The standard InChI is InChI=1S/C21H19ClFN3OS/c1-13-17(20(27)25-14-7-3-2-4-8-14)19(18-15(22)9-5-10-16(18)23)26-11-6-12-28-21(26)24-13/h2-5,7-10,19H,6,11-12H2,1H3,(H,25,27). The molecule has 0 aromatic heterocycles. The van der Waals surface area contributed by atoms with Gasteiger partial charge in [0.05, 0.1) is 17.3 Å². The van der Waals surface area contributed by atoms with Crippen molar-refractivity contribution >= 4 is 40.1 Å². The number of amidine groups is 1. The number of amides is 1. The van der Waals surface area contributed by atoms with Crippen LogP contribution in [-0.2, 0) is 4.79 Å². The van der Waals surface area contributed by atoms with Gasteiger partial charge in [0, 0.05) is 28.6 Å². The van der Waals surface area contributed by atoms with Crippen molar-refractivity contribution in [2.75, 3.05) is 17.6 Å². The van der Waals surface area contributed by atoms with Crippen LogP contribution in [0.5, 0.6) is 0 Å². The number of anilines is 1. The molecule has 28 heavy (non-hydrogen) atoms. The Morgan fingerprint density at radius 2 is 2.04 bits per heavy atom. The molecule has 2 aliphatic heterocycles. The van der Waals surface area contributed by atoms with Crippen molar-refractivity contribution in [2.45, 2.75) is 19.4 Å². The Bertz CT molecular complexity index is 957. The number of hydrogen-bond acceptors (Lipinski definition) is 4. The Morgan fingerprint density at radius 3 is 2.79 bits per heavy atom. The summed E-state index contributed by atoms with van der Waals surface area (Å²) in [5.74, 6) is 0.227. The molecule has 2 aromatic rings. The van der Waals surface area contributed by atoms with Gasteiger partial charge < -0.3 is 10.2 Å². The van der Waals surface area contributed by atoms with Gasteiger partial charge in [-0.15, -0.1) is 0 Å². The van der Waals surface area contributed by atoms with Gasteiger partial charge in [-0.05, 0) is 37.6 Å². The van der Waals surface area contributed by atoms with Gasteiger partial charge in [0.15, 0.2) is 5.17 Å². The first-order chi connectivity index (χ1) is 13.6. The Hall–Kier alpha value is -2.31. The van der Waals surface area contributed by atoms with E-state index in [2.05, 4.69) is 10.3 Å². The van der Waals surface area contributed by atoms with E-state index >= 15 is 0 Å². The zero-order valence-corrected chi connectivity index (χ0v) is 16.9. The third kappa shape index (κ3) is 3.54. The van der Waals surface area contributed by atoms with Crippen molar-refractivity contribution in [3.05, 3.63) is 76.2 Å². The largest absolute Gasteiger partial charge is 0.340 e. The van der Waals surface area contributed by atoms with Crippen molar-refractivity contribution in [1.29, 1.82) is 0 Å². The molecule has 0 aliphatic carbocycles. The molecule has 0 bridgehead atoms. The molecule has 2 heterocycles. The Morgan fingerprint density at radius 1 is 1.25 bits per heavy atom. The number of fused-ring (bicyclic) bond motifs is 1. The maximum atomic E-state index is 14.9. The van der Waals surface area contributed by atoms with E-state index in [-0.39, 0.29) is 5.91 Å². The summed E-state index contributed by atoms with van der Waals surface area (Å²) in [5, 5.41) is 4.03. The topological polar surface area (TPSA) is 44.7 Å². The first kappa shape index (κ1) is 19.0. The molecular weight excluding hydrogens is 397 g/mol. The van der Waals surface area contributed by atoms with E-state index in [4.69, 9.17) is 11.6 Å². The minimum atomic E-state index is -0.613. The highest BCUT2D eigenvalue weighted by molar-refractivity contribution is 8.13. The molecule has 0 spiro atoms. The number of benzene rings is 2. The van der Waals surface area contributed by atoms with Gasteiger partial charge >= 0.3 is 0 Å². The normalized spacial score (nSPS) is 19.2. The van der Waals surface area contributed by atoms with Gasteiger partial charge in [0.2, 0.25) is 0 Å². The number of nitrogens with one attached hydrogen (secondary N) is 1. The van der Waals surface area contributed by atoms with Crippen LogP contribution in [0.2, 0.25) is 5.02 Å². The Kier molecular flexibility index (Phi) is 5.42. The van der Waals surface area contributed by atoms with Crippen LogP contribution >= 0.6 is 23.4 Å². The average Bonchev–Trinajstić information content (AvgIpc) is 2.68. The molecule has 0 saturated carbocycles. The number of para-hydroxylation sites is 1. The number of aliphatic imine (C=N–C) groups is 1. The predicted octanol–water partition coefficient (Wildman–Crippen LogP) is 5.24. The van der Waals surface area contributed by atoms with Crippen LogP contribution in [0, 0.1) is 5.82 Å².